The number of carbonyl (C=O) groups excluding carboxylic acids is 1. The van der Waals surface area contributed by atoms with Gasteiger partial charge in [0.05, 0.1) is 23.7 Å². The lowest BCUT2D eigenvalue weighted by Crippen LogP contribution is -2.22. The number of nitrogens with one attached hydrogen (secondary N) is 2. The van der Waals surface area contributed by atoms with Crippen molar-refractivity contribution in [3.8, 4) is 11.3 Å². The summed E-state index contributed by atoms with van der Waals surface area (Å²) in [6, 6.07) is 13.8. The quantitative estimate of drug-likeness (QED) is 0.461. The molecule has 0 saturated heterocycles. The maximum atomic E-state index is 13.2. The summed E-state index contributed by atoms with van der Waals surface area (Å²) in [5.41, 5.74) is 7.00. The van der Waals surface area contributed by atoms with Gasteiger partial charge in [-0.3, -0.25) is 14.8 Å². The number of benzene rings is 1. The van der Waals surface area contributed by atoms with E-state index >= 15 is 0 Å². The van der Waals surface area contributed by atoms with Crippen LogP contribution < -0.4 is 10.7 Å². The number of nitrogens with zero attached hydrogens (tertiary/aromatic N) is 4. The van der Waals surface area contributed by atoms with E-state index < -0.39 is 0 Å². The molecule has 0 radical (unpaired) electrons. The van der Waals surface area contributed by atoms with E-state index in [4.69, 9.17) is 0 Å². The maximum Gasteiger partial charge on any atom is 0.253 e. The average molecular weight is 416 g/mol. The molecule has 4 aromatic rings. The first-order valence-electron chi connectivity index (χ1n) is 9.84. The van der Waals surface area contributed by atoms with Crippen LogP contribution in [0.15, 0.2) is 79.5 Å². The van der Waals surface area contributed by atoms with Gasteiger partial charge in [0.1, 0.15) is 5.82 Å². The first-order chi connectivity index (χ1) is 15.2. The van der Waals surface area contributed by atoms with Gasteiger partial charge >= 0.3 is 0 Å². The predicted molar refractivity (Wildman–Crippen MR) is 115 cm³/mol. The summed E-state index contributed by atoms with van der Waals surface area (Å²) in [5.74, 6) is -0.434. The smallest absolute Gasteiger partial charge is 0.253 e. The Bertz CT molecular complexity index is 1140. The highest BCUT2D eigenvalue weighted by atomic mass is 19.1. The van der Waals surface area contributed by atoms with Gasteiger partial charge < -0.3 is 10.7 Å². The monoisotopic (exact) mass is 416 g/mol. The molecule has 0 unspecified atom stereocenters. The molecule has 4 rings (SSSR count). The summed E-state index contributed by atoms with van der Waals surface area (Å²) >= 11 is 0. The molecule has 0 spiro atoms. The van der Waals surface area contributed by atoms with Gasteiger partial charge in [-0.2, -0.15) is 9.89 Å². The first-order valence-corrected chi connectivity index (χ1v) is 9.84. The Morgan fingerprint density at radius 1 is 1.03 bits per heavy atom. The highest BCUT2D eigenvalue weighted by molar-refractivity contribution is 5.94. The average Bonchev–Trinajstić information content (AvgIpc) is 3.27. The van der Waals surface area contributed by atoms with Gasteiger partial charge in [0, 0.05) is 37.2 Å². The molecule has 0 aliphatic heterocycles. The second-order valence-electron chi connectivity index (χ2n) is 6.94. The topological polar surface area (TPSA) is 84.7 Å². The van der Waals surface area contributed by atoms with Crippen LogP contribution in [0.25, 0.3) is 11.3 Å². The zero-order chi connectivity index (χ0) is 21.5. The van der Waals surface area contributed by atoms with Crippen LogP contribution in [0.5, 0.6) is 0 Å². The molecule has 0 bridgehead atoms. The van der Waals surface area contributed by atoms with Crippen molar-refractivity contribution in [1.29, 1.82) is 0 Å². The van der Waals surface area contributed by atoms with E-state index in [2.05, 4.69) is 25.8 Å². The summed E-state index contributed by atoms with van der Waals surface area (Å²) in [6.45, 7) is 1.01. The standard InChI is InChI=1S/C23H21FN6O/c24-21-5-1-3-17(11-21)8-10-28-30-16-20(15-29-30)22-7-6-19(14-26-22)23(31)27-13-18-4-2-9-25-12-18/h1-7,9,11-12,14-16,28H,8,10,13H2,(H,27,31). The molecule has 31 heavy (non-hydrogen) atoms. The normalized spacial score (nSPS) is 10.6. The fourth-order valence-corrected chi connectivity index (χ4v) is 3.03. The van der Waals surface area contributed by atoms with Crippen LogP contribution in [0.1, 0.15) is 21.5 Å². The molecule has 8 heteroatoms. The zero-order valence-electron chi connectivity index (χ0n) is 16.7. The minimum atomic E-state index is -0.237. The van der Waals surface area contributed by atoms with Crippen molar-refractivity contribution in [2.24, 2.45) is 0 Å². The third-order valence-electron chi connectivity index (χ3n) is 4.66. The van der Waals surface area contributed by atoms with E-state index in [1.807, 2.05) is 24.4 Å². The molecule has 0 atom stereocenters. The Kier molecular flexibility index (Phi) is 6.27. The number of pyridine rings is 2. The molecule has 7 nitrogen and oxygen atoms in total. The number of hydrogen-bond acceptors (Lipinski definition) is 5. The fourth-order valence-electron chi connectivity index (χ4n) is 3.03. The van der Waals surface area contributed by atoms with Gasteiger partial charge in [-0.25, -0.2) is 4.39 Å². The number of rotatable bonds is 8. The van der Waals surface area contributed by atoms with Crippen LogP contribution in [-0.2, 0) is 13.0 Å². The molecular weight excluding hydrogens is 395 g/mol. The molecule has 0 fully saturated rings. The van der Waals surface area contributed by atoms with Crippen molar-refractivity contribution in [1.82, 2.24) is 25.2 Å². The number of hydrogen-bond donors (Lipinski definition) is 2. The van der Waals surface area contributed by atoms with E-state index in [1.54, 1.807) is 47.8 Å². The van der Waals surface area contributed by atoms with Gasteiger partial charge in [0.2, 0.25) is 0 Å². The van der Waals surface area contributed by atoms with Crippen molar-refractivity contribution in [2.75, 3.05) is 12.0 Å². The van der Waals surface area contributed by atoms with Gasteiger partial charge in [-0.05, 0) is 47.9 Å². The van der Waals surface area contributed by atoms with Crippen molar-refractivity contribution >= 4 is 5.91 Å². The third-order valence-corrected chi connectivity index (χ3v) is 4.66. The van der Waals surface area contributed by atoms with Crippen LogP contribution in [0.4, 0.5) is 4.39 Å². The van der Waals surface area contributed by atoms with Gasteiger partial charge in [0.25, 0.3) is 5.91 Å². The van der Waals surface area contributed by atoms with E-state index in [-0.39, 0.29) is 11.7 Å². The van der Waals surface area contributed by atoms with Crippen molar-refractivity contribution in [3.63, 3.8) is 0 Å². The van der Waals surface area contributed by atoms with Gasteiger partial charge in [0.15, 0.2) is 0 Å². The molecule has 3 aromatic heterocycles. The SMILES string of the molecule is O=C(NCc1cccnc1)c1ccc(-c2cnn(NCCc3cccc(F)c3)c2)nc1. The predicted octanol–water partition coefficient (Wildman–Crippen LogP) is 3.20. The molecular formula is C23H21FN6O. The minimum absolute atomic E-state index is 0.197. The second-order valence-corrected chi connectivity index (χ2v) is 6.94. The highest BCUT2D eigenvalue weighted by Gasteiger charge is 2.08. The molecule has 1 amide bonds. The summed E-state index contributed by atoms with van der Waals surface area (Å²) in [5, 5.41) is 7.12. The van der Waals surface area contributed by atoms with Crippen LogP contribution in [0, 0.1) is 5.82 Å². The van der Waals surface area contributed by atoms with E-state index in [0.29, 0.717) is 30.8 Å². The Balaban J connectivity index is 1.30. The summed E-state index contributed by atoms with van der Waals surface area (Å²) in [6.07, 6.45) is 9.13. The molecule has 0 aliphatic rings. The molecule has 2 N–H and O–H groups in total. The molecule has 3 heterocycles. The van der Waals surface area contributed by atoms with Crippen LogP contribution in [0.2, 0.25) is 0 Å². The van der Waals surface area contributed by atoms with Gasteiger partial charge in [-0.1, -0.05) is 18.2 Å². The Morgan fingerprint density at radius 2 is 1.94 bits per heavy atom. The number of carbonyl (C=O) groups is 1. The summed E-state index contributed by atoms with van der Waals surface area (Å²) in [4.78, 5) is 22.3. The molecule has 1 aromatic carbocycles. The fraction of sp³-hybridized carbons (Fsp3) is 0.130. The summed E-state index contributed by atoms with van der Waals surface area (Å²) in [7, 11) is 0. The van der Waals surface area contributed by atoms with Crippen molar-refractivity contribution < 1.29 is 9.18 Å². The lowest BCUT2D eigenvalue weighted by molar-refractivity contribution is 0.0950. The van der Waals surface area contributed by atoms with E-state index in [0.717, 1.165) is 16.7 Å². The largest absolute Gasteiger partial charge is 0.348 e. The van der Waals surface area contributed by atoms with E-state index in [1.165, 1.54) is 12.1 Å². The lowest BCUT2D eigenvalue weighted by atomic mass is 10.1. The molecule has 0 aliphatic carbocycles. The van der Waals surface area contributed by atoms with Crippen LogP contribution in [0.3, 0.4) is 0 Å². The van der Waals surface area contributed by atoms with Crippen molar-refractivity contribution in [3.05, 3.63) is 102 Å². The Morgan fingerprint density at radius 3 is 2.71 bits per heavy atom. The third kappa shape index (κ3) is 5.51. The summed E-state index contributed by atoms with van der Waals surface area (Å²) < 4.78 is 13.2. The first kappa shape index (κ1) is 20.2. The maximum absolute atomic E-state index is 13.2. The van der Waals surface area contributed by atoms with Crippen molar-refractivity contribution in [2.45, 2.75) is 13.0 Å². The highest BCUT2D eigenvalue weighted by Crippen LogP contribution is 2.16. The Hall–Kier alpha value is -4.07. The van der Waals surface area contributed by atoms with Crippen LogP contribution >= 0.6 is 0 Å². The lowest BCUT2D eigenvalue weighted by Gasteiger charge is -2.06. The molecule has 0 saturated carbocycles. The van der Waals surface area contributed by atoms with Gasteiger partial charge in [-0.15, -0.1) is 0 Å². The number of halogens is 1. The number of amides is 1. The second kappa shape index (κ2) is 9.62. The zero-order valence-corrected chi connectivity index (χ0v) is 16.7. The van der Waals surface area contributed by atoms with E-state index in [9.17, 15) is 9.18 Å². The molecule has 156 valence electrons. The Labute approximate surface area is 179 Å². The van der Waals surface area contributed by atoms with Crippen LogP contribution in [-0.4, -0.2) is 32.3 Å². The number of aromatic nitrogens is 4. The minimum Gasteiger partial charge on any atom is -0.348 e.